The lowest BCUT2D eigenvalue weighted by Gasteiger charge is -2.08. The Balaban J connectivity index is 0.000000771. The van der Waals surface area contributed by atoms with Crippen molar-refractivity contribution >= 4 is 27.7 Å². The Morgan fingerprint density at radius 3 is 2.22 bits per heavy atom. The van der Waals surface area contributed by atoms with Gasteiger partial charge in [-0.1, -0.05) is 36.4 Å². The zero-order valence-electron chi connectivity index (χ0n) is 9.41. The molecule has 0 aromatic heterocycles. The molecule has 2 N–H and O–H groups in total. The molecule has 0 saturated carbocycles. The summed E-state index contributed by atoms with van der Waals surface area (Å²) in [7, 11) is -4.33. The summed E-state index contributed by atoms with van der Waals surface area (Å²) in [6, 6.07) is 9.98. The Bertz CT molecular complexity index is 649. The molecular weight excluding hydrogens is 256 g/mol. The summed E-state index contributed by atoms with van der Waals surface area (Å²) in [4.78, 5) is 7.79. The van der Waals surface area contributed by atoms with Crippen molar-refractivity contribution in [1.82, 2.24) is 0 Å². The fraction of sp³-hybridized carbons (Fsp3) is 0.0833. The molecule has 2 aromatic carbocycles. The van der Waals surface area contributed by atoms with Crippen molar-refractivity contribution < 1.29 is 22.9 Å². The van der Waals surface area contributed by atoms with Crippen molar-refractivity contribution in [2.45, 2.75) is 11.5 Å². The third-order valence-corrected chi connectivity index (χ3v) is 3.39. The minimum atomic E-state index is -4.33. The Kier molecular flexibility index (Phi) is 4.55. The summed E-state index contributed by atoms with van der Waals surface area (Å²) in [5.41, 5.74) is 0.196. The third-order valence-electron chi connectivity index (χ3n) is 2.39. The van der Waals surface area contributed by atoms with E-state index in [1.807, 2.05) is 6.79 Å². The van der Waals surface area contributed by atoms with Crippen LogP contribution in [0.3, 0.4) is 0 Å². The van der Waals surface area contributed by atoms with E-state index in [4.69, 9.17) is 14.5 Å². The average Bonchev–Trinajstić information content (AvgIpc) is 2.38. The molecule has 0 heterocycles. The molecule has 0 fully saturated rings. The SMILES string of the molecule is C=O.O=S(=O)(O)c1c(CO)ccc2ccccc12. The van der Waals surface area contributed by atoms with Crippen LogP contribution in [-0.2, 0) is 21.5 Å². The van der Waals surface area contributed by atoms with Crippen LogP contribution < -0.4 is 0 Å². The second kappa shape index (κ2) is 5.72. The van der Waals surface area contributed by atoms with Crippen molar-refractivity contribution in [3.63, 3.8) is 0 Å². The van der Waals surface area contributed by atoms with Crippen LogP contribution >= 0.6 is 0 Å². The summed E-state index contributed by atoms with van der Waals surface area (Å²) in [5.74, 6) is 0. The first kappa shape index (κ1) is 14.3. The van der Waals surface area contributed by atoms with E-state index in [2.05, 4.69) is 0 Å². The third kappa shape index (κ3) is 2.73. The molecule has 2 aromatic rings. The molecule has 2 rings (SSSR count). The number of aliphatic hydroxyl groups excluding tert-OH is 1. The number of rotatable bonds is 2. The highest BCUT2D eigenvalue weighted by Gasteiger charge is 2.18. The van der Waals surface area contributed by atoms with Crippen LogP contribution in [0.15, 0.2) is 41.3 Å². The molecule has 0 amide bonds. The van der Waals surface area contributed by atoms with Gasteiger partial charge in [0.1, 0.15) is 11.7 Å². The molecule has 0 spiro atoms. The van der Waals surface area contributed by atoms with Gasteiger partial charge in [-0.25, -0.2) is 0 Å². The fourth-order valence-corrected chi connectivity index (χ4v) is 2.65. The zero-order valence-corrected chi connectivity index (χ0v) is 10.2. The Morgan fingerprint density at radius 2 is 1.67 bits per heavy atom. The smallest absolute Gasteiger partial charge is 0.295 e. The van der Waals surface area contributed by atoms with E-state index in [1.54, 1.807) is 30.3 Å². The number of fused-ring (bicyclic) bond motifs is 1. The van der Waals surface area contributed by atoms with Crippen molar-refractivity contribution in [3.05, 3.63) is 42.0 Å². The molecule has 0 radical (unpaired) electrons. The molecule has 0 aliphatic carbocycles. The molecule has 18 heavy (non-hydrogen) atoms. The first-order valence-electron chi connectivity index (χ1n) is 4.92. The maximum atomic E-state index is 11.3. The monoisotopic (exact) mass is 268 g/mol. The summed E-state index contributed by atoms with van der Waals surface area (Å²) in [6.07, 6.45) is 0. The molecule has 0 bridgehead atoms. The van der Waals surface area contributed by atoms with Crippen molar-refractivity contribution in [2.24, 2.45) is 0 Å². The van der Waals surface area contributed by atoms with E-state index < -0.39 is 16.7 Å². The average molecular weight is 268 g/mol. The largest absolute Gasteiger partial charge is 0.392 e. The fourth-order valence-electron chi connectivity index (χ4n) is 1.72. The molecule has 0 saturated heterocycles. The summed E-state index contributed by atoms with van der Waals surface area (Å²) < 4.78 is 31.7. The van der Waals surface area contributed by atoms with E-state index in [0.717, 1.165) is 0 Å². The van der Waals surface area contributed by atoms with Gasteiger partial charge in [0.15, 0.2) is 0 Å². The van der Waals surface area contributed by atoms with Crippen LogP contribution in [0.2, 0.25) is 0 Å². The Morgan fingerprint density at radius 1 is 1.06 bits per heavy atom. The number of hydrogen-bond donors (Lipinski definition) is 2. The van der Waals surface area contributed by atoms with Gasteiger partial charge in [-0.3, -0.25) is 4.55 Å². The van der Waals surface area contributed by atoms with Crippen molar-refractivity contribution in [1.29, 1.82) is 0 Å². The van der Waals surface area contributed by atoms with E-state index in [9.17, 15) is 8.42 Å². The number of aliphatic hydroxyl groups is 1. The van der Waals surface area contributed by atoms with E-state index in [0.29, 0.717) is 10.8 Å². The molecule has 5 nitrogen and oxygen atoms in total. The van der Waals surface area contributed by atoms with Crippen molar-refractivity contribution in [2.75, 3.05) is 0 Å². The van der Waals surface area contributed by atoms with Gasteiger partial charge in [0.05, 0.1) is 6.61 Å². The molecular formula is C12H12O5S. The maximum Gasteiger partial charge on any atom is 0.295 e. The molecule has 0 aliphatic heterocycles. The predicted octanol–water partition coefficient (Wildman–Crippen LogP) is 1.39. The normalized spacial score (nSPS) is 10.8. The van der Waals surface area contributed by atoms with Crippen LogP contribution in [0.25, 0.3) is 10.8 Å². The first-order chi connectivity index (χ1) is 8.54. The Labute approximate surface area is 104 Å². The highest BCUT2D eigenvalue weighted by molar-refractivity contribution is 7.86. The highest BCUT2D eigenvalue weighted by Crippen LogP contribution is 2.26. The van der Waals surface area contributed by atoms with Gasteiger partial charge in [-0.2, -0.15) is 8.42 Å². The quantitative estimate of drug-likeness (QED) is 0.803. The standard InChI is InChI=1S/C11H10O4S.CH2O/c12-7-9-6-5-8-3-1-2-4-10(8)11(9)16(13,14)15;1-2/h1-6,12H,7H2,(H,13,14,15);1H2. The summed E-state index contributed by atoms with van der Waals surface area (Å²) >= 11 is 0. The predicted molar refractivity (Wildman–Crippen MR) is 66.8 cm³/mol. The topological polar surface area (TPSA) is 91.7 Å². The van der Waals surface area contributed by atoms with Crippen LogP contribution in [0.5, 0.6) is 0 Å². The molecule has 0 unspecified atom stereocenters. The lowest BCUT2D eigenvalue weighted by molar-refractivity contribution is -0.0979. The van der Waals surface area contributed by atoms with Crippen LogP contribution in [0.1, 0.15) is 5.56 Å². The van der Waals surface area contributed by atoms with Gasteiger partial charge in [0, 0.05) is 5.39 Å². The van der Waals surface area contributed by atoms with Gasteiger partial charge < -0.3 is 9.90 Å². The van der Waals surface area contributed by atoms with Crippen LogP contribution in [-0.4, -0.2) is 24.9 Å². The Hall–Kier alpha value is -1.76. The molecule has 96 valence electrons. The van der Waals surface area contributed by atoms with Gasteiger partial charge in [0.2, 0.25) is 0 Å². The van der Waals surface area contributed by atoms with E-state index in [-0.39, 0.29) is 10.5 Å². The number of carbonyl (C=O) groups is 1. The number of benzene rings is 2. The highest BCUT2D eigenvalue weighted by atomic mass is 32.2. The zero-order chi connectivity index (χ0) is 13.8. The van der Waals surface area contributed by atoms with Gasteiger partial charge in [0.25, 0.3) is 10.1 Å². The second-order valence-electron chi connectivity index (χ2n) is 3.41. The van der Waals surface area contributed by atoms with Gasteiger partial charge in [-0.15, -0.1) is 0 Å². The molecule has 0 atom stereocenters. The van der Waals surface area contributed by atoms with Crippen LogP contribution in [0.4, 0.5) is 0 Å². The number of hydrogen-bond acceptors (Lipinski definition) is 4. The maximum absolute atomic E-state index is 11.3. The first-order valence-corrected chi connectivity index (χ1v) is 6.36. The van der Waals surface area contributed by atoms with Gasteiger partial charge in [-0.05, 0) is 10.9 Å². The lowest BCUT2D eigenvalue weighted by Crippen LogP contribution is -2.04. The van der Waals surface area contributed by atoms with Crippen LogP contribution in [0, 0.1) is 0 Å². The second-order valence-corrected chi connectivity index (χ2v) is 4.77. The molecule has 0 aliphatic rings. The summed E-state index contributed by atoms with van der Waals surface area (Å²) in [5, 5.41) is 10.2. The van der Waals surface area contributed by atoms with E-state index >= 15 is 0 Å². The number of carbonyl (C=O) groups excluding carboxylic acids is 1. The minimum absolute atomic E-state index is 0.196. The van der Waals surface area contributed by atoms with Crippen molar-refractivity contribution in [3.8, 4) is 0 Å². The molecule has 6 heteroatoms. The lowest BCUT2D eigenvalue weighted by atomic mass is 10.1. The summed E-state index contributed by atoms with van der Waals surface area (Å²) in [6.45, 7) is 1.57. The van der Waals surface area contributed by atoms with Gasteiger partial charge >= 0.3 is 0 Å². The minimum Gasteiger partial charge on any atom is -0.392 e. The van der Waals surface area contributed by atoms with E-state index in [1.165, 1.54) is 6.07 Å².